The van der Waals surface area contributed by atoms with Gasteiger partial charge >= 0.3 is 0 Å². The van der Waals surface area contributed by atoms with Crippen molar-refractivity contribution in [3.8, 4) is 11.6 Å². The number of aromatic hydroxyl groups is 1. The van der Waals surface area contributed by atoms with E-state index < -0.39 is 11.7 Å². The SMILES string of the molecule is CCCC1C(=O)C2=C(C(CC)=NC2C)c2nc(OC)ccc21.O=C(Nc1c(Cl)cncc1Cl)C(=O)c1cn(Cc2ccc(F)cc2)c2ccc(O)cc12. The highest BCUT2D eigenvalue weighted by atomic mass is 35.5. The van der Waals surface area contributed by atoms with Gasteiger partial charge in [-0.3, -0.25) is 24.4 Å². The van der Waals surface area contributed by atoms with Crippen molar-refractivity contribution in [3.63, 3.8) is 0 Å². The van der Waals surface area contributed by atoms with Gasteiger partial charge in [0.05, 0.1) is 40.1 Å². The summed E-state index contributed by atoms with van der Waals surface area (Å²) in [7, 11) is 1.62. The van der Waals surface area contributed by atoms with Gasteiger partial charge in [-0.25, -0.2) is 9.37 Å². The molecule has 0 fully saturated rings. The van der Waals surface area contributed by atoms with Gasteiger partial charge in [-0.05, 0) is 61.2 Å². The first kappa shape index (κ1) is 37.4. The summed E-state index contributed by atoms with van der Waals surface area (Å²) in [5.41, 5.74) is 6.32. The van der Waals surface area contributed by atoms with Gasteiger partial charge in [0.15, 0.2) is 5.78 Å². The smallest absolute Gasteiger partial charge is 0.296 e. The number of nitrogens with zero attached hydrogens (tertiary/aromatic N) is 4. The van der Waals surface area contributed by atoms with Crippen LogP contribution in [0.1, 0.15) is 73.1 Å². The number of hydrogen-bond donors (Lipinski definition) is 2. The second kappa shape index (κ2) is 15.7. The number of carbonyl (C=O) groups excluding carboxylic acids is 3. The third-order valence-electron chi connectivity index (χ3n) is 9.22. The summed E-state index contributed by atoms with van der Waals surface area (Å²) < 4.78 is 20.2. The topological polar surface area (TPSA) is 136 Å². The molecule has 0 spiro atoms. The van der Waals surface area contributed by atoms with E-state index in [1.165, 1.54) is 42.9 Å². The molecule has 5 aromatic rings. The summed E-state index contributed by atoms with van der Waals surface area (Å²) >= 11 is 12.0. The number of ketones is 2. The number of aromatic nitrogens is 3. The van der Waals surface area contributed by atoms with E-state index in [2.05, 4.69) is 29.1 Å². The fourth-order valence-electron chi connectivity index (χ4n) is 6.75. The van der Waals surface area contributed by atoms with E-state index >= 15 is 0 Å². The Morgan fingerprint density at radius 3 is 2.42 bits per heavy atom. The Balaban J connectivity index is 0.000000192. The third-order valence-corrected chi connectivity index (χ3v) is 9.79. The zero-order valence-electron chi connectivity index (χ0n) is 29.4. The number of carbonyl (C=O) groups is 3. The Bertz CT molecular complexity index is 2300. The van der Waals surface area contributed by atoms with E-state index in [-0.39, 0.29) is 50.6 Å². The number of aliphatic imine (C=N–C) groups is 1. The monoisotopic (exact) mass is 755 g/mol. The molecule has 1 aliphatic carbocycles. The van der Waals surface area contributed by atoms with Gasteiger partial charge in [0, 0.05) is 64.9 Å². The lowest BCUT2D eigenvalue weighted by Crippen LogP contribution is -2.26. The fourth-order valence-corrected chi connectivity index (χ4v) is 7.21. The van der Waals surface area contributed by atoms with Crippen LogP contribution in [0, 0.1) is 5.82 Å². The number of hydrogen-bond acceptors (Lipinski definition) is 8. The predicted octanol–water partition coefficient (Wildman–Crippen LogP) is 8.62. The van der Waals surface area contributed by atoms with Gasteiger partial charge in [0.2, 0.25) is 5.88 Å². The van der Waals surface area contributed by atoms with Crippen molar-refractivity contribution in [3.05, 3.63) is 117 Å². The van der Waals surface area contributed by atoms with Crippen LogP contribution >= 0.6 is 23.2 Å². The number of nitrogens with one attached hydrogen (secondary N) is 1. The Morgan fingerprint density at radius 2 is 1.75 bits per heavy atom. The molecule has 3 aromatic heterocycles. The zero-order valence-corrected chi connectivity index (χ0v) is 30.9. The van der Waals surface area contributed by atoms with Gasteiger partial charge in [0.1, 0.15) is 11.6 Å². The number of anilines is 1. The summed E-state index contributed by atoms with van der Waals surface area (Å²) in [6.45, 7) is 6.52. The molecule has 2 aliphatic rings. The summed E-state index contributed by atoms with van der Waals surface area (Å²) in [6, 6.07) is 14.3. The summed E-state index contributed by atoms with van der Waals surface area (Å²) in [6.07, 6.45) is 6.74. The molecule has 13 heteroatoms. The van der Waals surface area contributed by atoms with E-state index in [1.807, 2.05) is 19.1 Å². The molecule has 272 valence electrons. The average molecular weight is 757 g/mol. The largest absolute Gasteiger partial charge is 0.508 e. The van der Waals surface area contributed by atoms with Crippen LogP contribution in [0.5, 0.6) is 11.6 Å². The van der Waals surface area contributed by atoms with Crippen molar-refractivity contribution >= 4 is 68.6 Å². The highest BCUT2D eigenvalue weighted by Gasteiger charge is 2.41. The lowest BCUT2D eigenvalue weighted by Gasteiger charge is -2.26. The predicted molar refractivity (Wildman–Crippen MR) is 204 cm³/mol. The number of ether oxygens (including phenoxy) is 1. The molecule has 0 bridgehead atoms. The first-order valence-corrected chi connectivity index (χ1v) is 17.8. The number of benzene rings is 2. The molecule has 4 heterocycles. The van der Waals surface area contributed by atoms with Crippen LogP contribution in [0.25, 0.3) is 16.5 Å². The maximum atomic E-state index is 13.2. The minimum Gasteiger partial charge on any atom is -0.508 e. The van der Waals surface area contributed by atoms with Gasteiger partial charge in [-0.1, -0.05) is 61.7 Å². The maximum absolute atomic E-state index is 13.2. The first-order valence-electron chi connectivity index (χ1n) is 17.1. The maximum Gasteiger partial charge on any atom is 0.296 e. The zero-order chi connectivity index (χ0) is 38.0. The minimum absolute atomic E-state index is 0.0540. The van der Waals surface area contributed by atoms with Crippen molar-refractivity contribution in [2.24, 2.45) is 4.99 Å². The Morgan fingerprint density at radius 1 is 1.04 bits per heavy atom. The molecule has 7 rings (SSSR count). The number of amides is 1. The molecule has 2 aromatic carbocycles. The summed E-state index contributed by atoms with van der Waals surface area (Å²) in [5, 5.41) is 12.9. The van der Waals surface area contributed by atoms with Gasteiger partial charge in [0.25, 0.3) is 11.7 Å². The van der Waals surface area contributed by atoms with E-state index in [0.717, 1.165) is 52.9 Å². The number of rotatable bonds is 9. The molecule has 1 aliphatic heterocycles. The minimum atomic E-state index is -0.945. The third kappa shape index (κ3) is 7.45. The van der Waals surface area contributed by atoms with Gasteiger partial charge < -0.3 is 19.7 Å². The Hall–Kier alpha value is -5.39. The molecular weight excluding hydrogens is 720 g/mol. The van der Waals surface area contributed by atoms with Crippen LogP contribution in [-0.2, 0) is 16.1 Å². The second-order valence-electron chi connectivity index (χ2n) is 12.7. The Labute approximate surface area is 315 Å². The quantitative estimate of drug-likeness (QED) is 0.114. The number of methoxy groups -OCH3 is 1. The van der Waals surface area contributed by atoms with Gasteiger partial charge in [-0.2, -0.15) is 0 Å². The van der Waals surface area contributed by atoms with Crippen LogP contribution in [0.15, 0.2) is 83.8 Å². The molecule has 0 radical (unpaired) electrons. The van der Waals surface area contributed by atoms with Crippen LogP contribution in [0.4, 0.5) is 10.1 Å². The molecule has 2 N–H and O–H groups in total. The highest BCUT2D eigenvalue weighted by Crippen LogP contribution is 2.44. The molecule has 2 unspecified atom stereocenters. The number of Topliss-reactive ketones (excluding diaryl/α,β-unsaturated/α-hetero) is 2. The van der Waals surface area contributed by atoms with Crippen molar-refractivity contribution in [2.75, 3.05) is 12.4 Å². The molecule has 53 heavy (non-hydrogen) atoms. The molecular formula is C40H36Cl2FN5O5. The van der Waals surface area contributed by atoms with Crippen LogP contribution < -0.4 is 10.1 Å². The number of phenols is 1. The lowest BCUT2D eigenvalue weighted by molar-refractivity contribution is -0.117. The summed E-state index contributed by atoms with van der Waals surface area (Å²) in [4.78, 5) is 51.7. The van der Waals surface area contributed by atoms with Crippen LogP contribution in [0.2, 0.25) is 10.0 Å². The molecule has 10 nitrogen and oxygen atoms in total. The van der Waals surface area contributed by atoms with Crippen molar-refractivity contribution in [1.82, 2.24) is 14.5 Å². The van der Waals surface area contributed by atoms with E-state index in [9.17, 15) is 23.9 Å². The molecule has 0 saturated carbocycles. The summed E-state index contributed by atoms with van der Waals surface area (Å²) in [5.74, 6) is -1.46. The van der Waals surface area contributed by atoms with Crippen molar-refractivity contribution < 1.29 is 28.6 Å². The fraction of sp³-hybridized carbons (Fsp3) is 0.250. The number of pyridine rings is 2. The van der Waals surface area contributed by atoms with Crippen LogP contribution in [-0.4, -0.2) is 56.0 Å². The van der Waals surface area contributed by atoms with Crippen molar-refractivity contribution in [2.45, 2.75) is 58.5 Å². The molecule has 2 atom stereocenters. The normalized spacial score (nSPS) is 16.1. The molecule has 1 amide bonds. The standard InChI is InChI=1S/C22H14Cl2FN3O3.C18H22N2O2/c23-17-8-26-9-18(24)20(17)27-22(31)21(30)16-11-28(10-12-1-3-13(25)4-2-12)19-6-5-14(29)7-15(16)19;1-5-7-12-11-8-9-14(22-4)20-17(11)16-13(6-2)19-10(3)15(16)18(12)21/h1-9,11,29H,10H2,(H,26,27,31);8-10,12H,5-7H2,1-4H3. The van der Waals surface area contributed by atoms with E-state index in [1.54, 1.807) is 29.9 Å². The number of allylic oxidation sites excluding steroid dienone is 1. The Kier molecular flexibility index (Phi) is 11.1. The van der Waals surface area contributed by atoms with Crippen LogP contribution in [0.3, 0.4) is 0 Å². The van der Waals surface area contributed by atoms with E-state index in [0.29, 0.717) is 23.3 Å². The first-order chi connectivity index (χ1) is 25.4. The number of phenolic OH excluding ortho intramolecular Hbond substituents is 1. The molecule has 0 saturated heterocycles. The lowest BCUT2D eigenvalue weighted by atomic mass is 9.76. The number of halogens is 3. The average Bonchev–Trinajstić information content (AvgIpc) is 3.68. The second-order valence-corrected chi connectivity index (χ2v) is 13.5. The number of fused-ring (bicyclic) bond motifs is 3. The highest BCUT2D eigenvalue weighted by molar-refractivity contribution is 6.50. The van der Waals surface area contributed by atoms with Gasteiger partial charge in [-0.15, -0.1) is 0 Å². The van der Waals surface area contributed by atoms with Crippen molar-refractivity contribution in [1.29, 1.82) is 0 Å². The van der Waals surface area contributed by atoms with E-state index in [4.69, 9.17) is 32.9 Å².